The van der Waals surface area contributed by atoms with Gasteiger partial charge in [0.2, 0.25) is 0 Å². The third-order valence-electron chi connectivity index (χ3n) is 2.25. The Morgan fingerprint density at radius 2 is 2.17 bits per heavy atom. The van der Waals surface area contributed by atoms with Gasteiger partial charge in [0.15, 0.2) is 0 Å². The summed E-state index contributed by atoms with van der Waals surface area (Å²) in [5.74, 6) is -0.216. The van der Waals surface area contributed by atoms with Crippen LogP contribution in [0.2, 0.25) is 0 Å². The van der Waals surface area contributed by atoms with Crippen molar-refractivity contribution in [2.75, 3.05) is 19.6 Å². The standard InChI is InChI=1S/C11H14IN3O3/c1-2-13-5-6-14-11(16)9-4-3-8(15(17)18)7-10(9)12/h3-4,7,13H,2,5-6H2,1H3,(H,14,16). The zero-order valence-electron chi connectivity index (χ0n) is 9.90. The second kappa shape index (κ2) is 7.27. The largest absolute Gasteiger partial charge is 0.351 e. The van der Waals surface area contributed by atoms with Crippen molar-refractivity contribution in [3.63, 3.8) is 0 Å². The molecule has 6 nitrogen and oxygen atoms in total. The van der Waals surface area contributed by atoms with Crippen LogP contribution >= 0.6 is 22.6 Å². The number of hydrogen-bond acceptors (Lipinski definition) is 4. The molecule has 0 saturated carbocycles. The third kappa shape index (κ3) is 4.22. The Morgan fingerprint density at radius 3 is 2.72 bits per heavy atom. The highest BCUT2D eigenvalue weighted by atomic mass is 127. The Hall–Kier alpha value is -1.22. The van der Waals surface area contributed by atoms with Crippen LogP contribution in [0.3, 0.4) is 0 Å². The summed E-state index contributed by atoms with van der Waals surface area (Å²) < 4.78 is 0.572. The number of nitro groups is 1. The molecule has 0 aliphatic heterocycles. The number of carbonyl (C=O) groups excluding carboxylic acids is 1. The summed E-state index contributed by atoms with van der Waals surface area (Å²) in [6.45, 7) is 4.07. The van der Waals surface area contributed by atoms with E-state index >= 15 is 0 Å². The van der Waals surface area contributed by atoms with E-state index in [1.807, 2.05) is 29.5 Å². The Kier molecular flexibility index (Phi) is 5.99. The van der Waals surface area contributed by atoms with E-state index in [4.69, 9.17) is 0 Å². The van der Waals surface area contributed by atoms with E-state index in [2.05, 4.69) is 10.6 Å². The number of likely N-dealkylation sites (N-methyl/N-ethyl adjacent to an activating group) is 1. The number of rotatable bonds is 6. The molecule has 1 aromatic carbocycles. The zero-order valence-corrected chi connectivity index (χ0v) is 12.1. The minimum atomic E-state index is -0.477. The molecule has 0 heterocycles. The summed E-state index contributed by atoms with van der Waals surface area (Å²) in [5.41, 5.74) is 0.446. The van der Waals surface area contributed by atoms with Gasteiger partial charge in [-0.1, -0.05) is 6.92 Å². The molecule has 7 heteroatoms. The zero-order chi connectivity index (χ0) is 13.5. The van der Waals surface area contributed by atoms with Gasteiger partial charge in [0.25, 0.3) is 11.6 Å². The van der Waals surface area contributed by atoms with Crippen molar-refractivity contribution >= 4 is 34.2 Å². The summed E-state index contributed by atoms with van der Waals surface area (Å²) in [7, 11) is 0. The van der Waals surface area contributed by atoms with Gasteiger partial charge in [-0.05, 0) is 35.2 Å². The van der Waals surface area contributed by atoms with Crippen molar-refractivity contribution in [3.8, 4) is 0 Å². The van der Waals surface area contributed by atoms with Crippen LogP contribution < -0.4 is 10.6 Å². The van der Waals surface area contributed by atoms with Crippen molar-refractivity contribution in [2.45, 2.75) is 6.92 Å². The molecule has 0 fully saturated rings. The summed E-state index contributed by atoms with van der Waals surface area (Å²) in [4.78, 5) is 21.9. The summed E-state index contributed by atoms with van der Waals surface area (Å²) in [5, 5.41) is 16.4. The number of carbonyl (C=O) groups is 1. The monoisotopic (exact) mass is 363 g/mol. The molecular formula is C11H14IN3O3. The third-order valence-corrected chi connectivity index (χ3v) is 3.14. The Bertz CT molecular complexity index is 451. The van der Waals surface area contributed by atoms with Gasteiger partial charge in [-0.25, -0.2) is 0 Å². The molecule has 0 aliphatic rings. The number of non-ortho nitro benzene ring substituents is 1. The predicted molar refractivity (Wildman–Crippen MR) is 76.7 cm³/mol. The highest BCUT2D eigenvalue weighted by Gasteiger charge is 2.13. The van der Waals surface area contributed by atoms with E-state index in [1.165, 1.54) is 18.2 Å². The van der Waals surface area contributed by atoms with Crippen molar-refractivity contribution in [3.05, 3.63) is 37.4 Å². The maximum absolute atomic E-state index is 11.8. The number of benzene rings is 1. The van der Waals surface area contributed by atoms with Gasteiger partial charge in [-0.15, -0.1) is 0 Å². The van der Waals surface area contributed by atoms with E-state index < -0.39 is 4.92 Å². The second-order valence-electron chi connectivity index (χ2n) is 3.53. The molecule has 0 saturated heterocycles. The lowest BCUT2D eigenvalue weighted by Crippen LogP contribution is -2.32. The van der Waals surface area contributed by atoms with Gasteiger partial charge in [0.05, 0.1) is 10.5 Å². The van der Waals surface area contributed by atoms with Crippen molar-refractivity contribution in [1.29, 1.82) is 0 Å². The van der Waals surface area contributed by atoms with E-state index in [0.29, 0.717) is 22.2 Å². The number of nitrogens with zero attached hydrogens (tertiary/aromatic N) is 1. The normalized spacial score (nSPS) is 10.1. The average molecular weight is 363 g/mol. The van der Waals surface area contributed by atoms with Crippen LogP contribution in [0.4, 0.5) is 5.69 Å². The first-order chi connectivity index (χ1) is 8.56. The van der Waals surface area contributed by atoms with E-state index in [-0.39, 0.29) is 11.6 Å². The van der Waals surface area contributed by atoms with Gasteiger partial charge >= 0.3 is 0 Å². The lowest BCUT2D eigenvalue weighted by Gasteiger charge is -2.07. The molecular weight excluding hydrogens is 349 g/mol. The fourth-order valence-corrected chi connectivity index (χ4v) is 2.08. The summed E-state index contributed by atoms with van der Waals surface area (Å²) >= 11 is 1.92. The second-order valence-corrected chi connectivity index (χ2v) is 4.69. The van der Waals surface area contributed by atoms with Gasteiger partial charge in [-0.3, -0.25) is 14.9 Å². The van der Waals surface area contributed by atoms with Crippen LogP contribution in [0.1, 0.15) is 17.3 Å². The van der Waals surface area contributed by atoms with Crippen LogP contribution in [0.15, 0.2) is 18.2 Å². The molecule has 0 atom stereocenters. The molecule has 0 aromatic heterocycles. The molecule has 0 bridgehead atoms. The lowest BCUT2D eigenvalue weighted by atomic mass is 10.2. The number of amides is 1. The minimum Gasteiger partial charge on any atom is -0.351 e. The van der Waals surface area contributed by atoms with Crippen molar-refractivity contribution in [2.24, 2.45) is 0 Å². The van der Waals surface area contributed by atoms with E-state index in [1.54, 1.807) is 0 Å². The molecule has 2 N–H and O–H groups in total. The molecule has 1 aromatic rings. The highest BCUT2D eigenvalue weighted by Crippen LogP contribution is 2.19. The Balaban J connectivity index is 2.66. The minimum absolute atomic E-state index is 0.0106. The van der Waals surface area contributed by atoms with E-state index in [0.717, 1.165) is 6.54 Å². The van der Waals surface area contributed by atoms with Gasteiger partial charge in [-0.2, -0.15) is 0 Å². The number of hydrogen-bond donors (Lipinski definition) is 2. The molecule has 0 spiro atoms. The number of nitrogens with one attached hydrogen (secondary N) is 2. The maximum Gasteiger partial charge on any atom is 0.270 e. The van der Waals surface area contributed by atoms with Crippen LogP contribution in [-0.4, -0.2) is 30.5 Å². The van der Waals surface area contributed by atoms with Crippen LogP contribution in [0.25, 0.3) is 0 Å². The number of nitro benzene ring substituents is 1. The maximum atomic E-state index is 11.8. The first kappa shape index (κ1) is 14.8. The summed E-state index contributed by atoms with van der Waals surface area (Å²) in [6, 6.07) is 4.20. The molecule has 0 radical (unpaired) electrons. The van der Waals surface area contributed by atoms with Crippen molar-refractivity contribution < 1.29 is 9.72 Å². The van der Waals surface area contributed by atoms with E-state index in [9.17, 15) is 14.9 Å². The molecule has 1 amide bonds. The van der Waals surface area contributed by atoms with Crippen LogP contribution in [-0.2, 0) is 0 Å². The molecule has 98 valence electrons. The quantitative estimate of drug-likeness (QED) is 0.348. The smallest absolute Gasteiger partial charge is 0.270 e. The highest BCUT2D eigenvalue weighted by molar-refractivity contribution is 14.1. The fraction of sp³-hybridized carbons (Fsp3) is 0.364. The van der Waals surface area contributed by atoms with Gasteiger partial charge < -0.3 is 10.6 Å². The summed E-state index contributed by atoms with van der Waals surface area (Å²) in [6.07, 6.45) is 0. The lowest BCUT2D eigenvalue weighted by molar-refractivity contribution is -0.384. The first-order valence-corrected chi connectivity index (χ1v) is 6.57. The average Bonchev–Trinajstić information content (AvgIpc) is 2.34. The van der Waals surface area contributed by atoms with Crippen LogP contribution in [0, 0.1) is 13.7 Å². The Labute approximate surface area is 118 Å². The SMILES string of the molecule is CCNCCNC(=O)c1ccc([N+](=O)[O-])cc1I. The van der Waals surface area contributed by atoms with Gasteiger partial charge in [0, 0.05) is 28.8 Å². The van der Waals surface area contributed by atoms with Crippen molar-refractivity contribution in [1.82, 2.24) is 10.6 Å². The molecule has 0 aliphatic carbocycles. The topological polar surface area (TPSA) is 84.3 Å². The predicted octanol–water partition coefficient (Wildman–Crippen LogP) is 1.54. The van der Waals surface area contributed by atoms with Crippen LogP contribution in [0.5, 0.6) is 0 Å². The Morgan fingerprint density at radius 1 is 1.44 bits per heavy atom. The molecule has 0 unspecified atom stereocenters. The molecule has 18 heavy (non-hydrogen) atoms. The molecule has 1 rings (SSSR count). The fourth-order valence-electron chi connectivity index (χ4n) is 1.34. The van der Waals surface area contributed by atoms with Gasteiger partial charge in [0.1, 0.15) is 0 Å². The first-order valence-electron chi connectivity index (χ1n) is 5.49. The number of halogens is 1.